The lowest BCUT2D eigenvalue weighted by Gasteiger charge is -2.52. The normalized spacial score (nSPS) is 25.9. The van der Waals surface area contributed by atoms with E-state index in [2.05, 4.69) is 61.2 Å². The minimum absolute atomic E-state index is 0.118. The Morgan fingerprint density at radius 1 is 1.12 bits per heavy atom. The van der Waals surface area contributed by atoms with Crippen LogP contribution in [0, 0.1) is 6.92 Å². The average Bonchev–Trinajstić information content (AvgIpc) is 2.77. The summed E-state index contributed by atoms with van der Waals surface area (Å²) < 4.78 is 12.5. The summed E-state index contributed by atoms with van der Waals surface area (Å²) in [4.78, 5) is 4.66. The summed E-state index contributed by atoms with van der Waals surface area (Å²) in [6, 6.07) is 16.9. The van der Waals surface area contributed by atoms with Crippen LogP contribution in [-0.2, 0) is 17.9 Å². The van der Waals surface area contributed by atoms with Gasteiger partial charge in [-0.05, 0) is 58.8 Å². The zero-order valence-corrected chi connectivity index (χ0v) is 20.0. The molecule has 2 atom stereocenters. The van der Waals surface area contributed by atoms with E-state index in [1.54, 1.807) is 0 Å². The van der Waals surface area contributed by atoms with Crippen LogP contribution in [0.5, 0.6) is 5.75 Å². The molecule has 32 heavy (non-hydrogen) atoms. The second-order valence-electron chi connectivity index (χ2n) is 10.2. The standard InChI is InChI=1S/C27H38N2O3/c1-21-10-11-24(31-19-22-8-6-5-7-9-22)23(16-21)18-29-14-12-27(13-15-29)17-25(28(3)4)26(2,30)20-32-27/h5-11,16,25,30H,12-15,17-20H2,1-4H3/t25-,26-/m0/s1. The second kappa shape index (κ2) is 9.52. The Balaban J connectivity index is 1.38. The molecule has 174 valence electrons. The molecule has 2 aromatic carbocycles. The number of aryl methyl sites for hydroxylation is 1. The summed E-state index contributed by atoms with van der Waals surface area (Å²) >= 11 is 0. The molecule has 2 aromatic rings. The van der Waals surface area contributed by atoms with Crippen molar-refractivity contribution in [2.45, 2.75) is 63.5 Å². The molecule has 2 aliphatic heterocycles. The number of rotatable bonds is 6. The molecule has 0 aliphatic carbocycles. The van der Waals surface area contributed by atoms with Crippen LogP contribution in [0.1, 0.15) is 42.9 Å². The molecule has 2 saturated heterocycles. The zero-order valence-electron chi connectivity index (χ0n) is 20.0. The number of nitrogens with zero attached hydrogens (tertiary/aromatic N) is 2. The fraction of sp³-hybridized carbons (Fsp3) is 0.556. The molecule has 4 rings (SSSR count). The Morgan fingerprint density at radius 3 is 2.53 bits per heavy atom. The van der Waals surface area contributed by atoms with Gasteiger partial charge >= 0.3 is 0 Å². The van der Waals surface area contributed by atoms with Gasteiger partial charge in [0.25, 0.3) is 0 Å². The van der Waals surface area contributed by atoms with E-state index >= 15 is 0 Å². The van der Waals surface area contributed by atoms with Crippen LogP contribution in [0.4, 0.5) is 0 Å². The monoisotopic (exact) mass is 438 g/mol. The van der Waals surface area contributed by atoms with Gasteiger partial charge in [0.1, 0.15) is 18.0 Å². The summed E-state index contributed by atoms with van der Waals surface area (Å²) in [5, 5.41) is 10.8. The zero-order chi connectivity index (χ0) is 22.8. The highest BCUT2D eigenvalue weighted by Gasteiger charge is 2.49. The number of hydrogen-bond acceptors (Lipinski definition) is 5. The molecule has 1 spiro atoms. The van der Waals surface area contributed by atoms with E-state index in [0.717, 1.165) is 44.6 Å². The van der Waals surface area contributed by atoms with Crippen LogP contribution in [0.2, 0.25) is 0 Å². The minimum Gasteiger partial charge on any atom is -0.489 e. The fourth-order valence-electron chi connectivity index (χ4n) is 5.18. The van der Waals surface area contributed by atoms with Crippen molar-refractivity contribution in [3.05, 3.63) is 65.2 Å². The first-order valence-corrected chi connectivity index (χ1v) is 11.8. The molecule has 5 nitrogen and oxygen atoms in total. The molecule has 0 amide bonds. The van der Waals surface area contributed by atoms with Gasteiger partial charge < -0.3 is 19.5 Å². The number of piperidine rings is 1. The third-order valence-corrected chi connectivity index (χ3v) is 7.19. The van der Waals surface area contributed by atoms with Gasteiger partial charge in [-0.1, -0.05) is 48.0 Å². The Hall–Kier alpha value is -1.92. The summed E-state index contributed by atoms with van der Waals surface area (Å²) in [6.45, 7) is 7.90. The van der Waals surface area contributed by atoms with Gasteiger partial charge in [0.2, 0.25) is 0 Å². The molecule has 5 heteroatoms. The van der Waals surface area contributed by atoms with E-state index in [1.165, 1.54) is 16.7 Å². The van der Waals surface area contributed by atoms with Crippen LogP contribution in [0.3, 0.4) is 0 Å². The van der Waals surface area contributed by atoms with E-state index in [-0.39, 0.29) is 11.6 Å². The molecule has 0 unspecified atom stereocenters. The third-order valence-electron chi connectivity index (χ3n) is 7.19. The van der Waals surface area contributed by atoms with Gasteiger partial charge in [0.05, 0.1) is 12.2 Å². The van der Waals surface area contributed by atoms with Crippen LogP contribution >= 0.6 is 0 Å². The Morgan fingerprint density at radius 2 is 1.84 bits per heavy atom. The smallest absolute Gasteiger partial charge is 0.124 e. The number of aliphatic hydroxyl groups is 1. The second-order valence-corrected chi connectivity index (χ2v) is 10.2. The van der Waals surface area contributed by atoms with Crippen molar-refractivity contribution in [2.24, 2.45) is 0 Å². The molecular formula is C27H38N2O3. The van der Waals surface area contributed by atoms with Crippen LogP contribution in [0.25, 0.3) is 0 Å². The maximum Gasteiger partial charge on any atom is 0.124 e. The van der Waals surface area contributed by atoms with Crippen LogP contribution < -0.4 is 4.74 Å². The van der Waals surface area contributed by atoms with Crippen molar-refractivity contribution in [3.63, 3.8) is 0 Å². The SMILES string of the molecule is Cc1ccc(OCc2ccccc2)c(CN2CCC3(CC2)C[C@H](N(C)C)[C@@](C)(O)CO3)c1. The van der Waals surface area contributed by atoms with Gasteiger partial charge in [0, 0.05) is 31.2 Å². The van der Waals surface area contributed by atoms with Crippen LogP contribution in [0.15, 0.2) is 48.5 Å². The van der Waals surface area contributed by atoms with E-state index in [9.17, 15) is 5.11 Å². The van der Waals surface area contributed by atoms with Crippen LogP contribution in [-0.4, -0.2) is 65.9 Å². The lowest BCUT2D eigenvalue weighted by molar-refractivity contribution is -0.207. The van der Waals surface area contributed by atoms with Gasteiger partial charge in [-0.2, -0.15) is 0 Å². The number of likely N-dealkylation sites (N-methyl/N-ethyl adjacent to an activating group) is 1. The Kier molecular flexibility index (Phi) is 6.91. The van der Waals surface area contributed by atoms with Gasteiger partial charge in [-0.15, -0.1) is 0 Å². The molecule has 2 fully saturated rings. The predicted octanol–water partition coefficient (Wildman–Crippen LogP) is 4.01. The maximum atomic E-state index is 10.8. The van der Waals surface area contributed by atoms with Crippen molar-refractivity contribution in [1.29, 1.82) is 0 Å². The molecule has 0 bridgehead atoms. The minimum atomic E-state index is -0.793. The highest BCUT2D eigenvalue weighted by Crippen LogP contribution is 2.40. The highest BCUT2D eigenvalue weighted by atomic mass is 16.5. The van der Waals surface area contributed by atoms with Crippen molar-refractivity contribution in [1.82, 2.24) is 9.80 Å². The average molecular weight is 439 g/mol. The third kappa shape index (κ3) is 5.34. The quantitative estimate of drug-likeness (QED) is 0.738. The van der Waals surface area contributed by atoms with E-state index in [1.807, 2.05) is 25.1 Å². The predicted molar refractivity (Wildman–Crippen MR) is 128 cm³/mol. The molecule has 2 aliphatic rings. The summed E-state index contributed by atoms with van der Waals surface area (Å²) in [5.41, 5.74) is 2.77. The van der Waals surface area contributed by atoms with Crippen molar-refractivity contribution < 1.29 is 14.6 Å². The Labute approximate surface area is 192 Å². The molecular weight excluding hydrogens is 400 g/mol. The highest BCUT2D eigenvalue weighted by molar-refractivity contribution is 5.37. The van der Waals surface area contributed by atoms with E-state index < -0.39 is 5.60 Å². The van der Waals surface area contributed by atoms with Crippen molar-refractivity contribution >= 4 is 0 Å². The number of likely N-dealkylation sites (tertiary alicyclic amines) is 1. The number of hydrogen-bond donors (Lipinski definition) is 1. The first-order valence-electron chi connectivity index (χ1n) is 11.8. The summed E-state index contributed by atoms with van der Waals surface area (Å²) in [7, 11) is 4.12. The van der Waals surface area contributed by atoms with Crippen molar-refractivity contribution in [3.8, 4) is 5.75 Å². The summed E-state index contributed by atoms with van der Waals surface area (Å²) in [5.74, 6) is 0.970. The first-order chi connectivity index (χ1) is 15.3. The van der Waals surface area contributed by atoms with Gasteiger partial charge in [0.15, 0.2) is 0 Å². The first kappa shape index (κ1) is 23.2. The molecule has 1 N–H and O–H groups in total. The number of ether oxygens (including phenoxy) is 2. The fourth-order valence-corrected chi connectivity index (χ4v) is 5.18. The van der Waals surface area contributed by atoms with Gasteiger partial charge in [-0.25, -0.2) is 0 Å². The van der Waals surface area contributed by atoms with Gasteiger partial charge in [-0.3, -0.25) is 4.90 Å². The topological polar surface area (TPSA) is 45.2 Å². The molecule has 2 heterocycles. The van der Waals surface area contributed by atoms with E-state index in [4.69, 9.17) is 9.47 Å². The lowest BCUT2D eigenvalue weighted by Crippen LogP contribution is -2.62. The largest absolute Gasteiger partial charge is 0.489 e. The van der Waals surface area contributed by atoms with E-state index in [0.29, 0.717) is 13.2 Å². The maximum absolute atomic E-state index is 10.8. The molecule has 0 saturated carbocycles. The molecule has 0 radical (unpaired) electrons. The lowest BCUT2D eigenvalue weighted by atomic mass is 9.77. The summed E-state index contributed by atoms with van der Waals surface area (Å²) in [6.07, 6.45) is 2.88. The Bertz CT molecular complexity index is 889. The number of benzene rings is 2. The van der Waals surface area contributed by atoms with Crippen molar-refractivity contribution in [2.75, 3.05) is 33.8 Å². The molecule has 0 aromatic heterocycles.